The van der Waals surface area contributed by atoms with Crippen LogP contribution in [0.4, 0.5) is 0 Å². The van der Waals surface area contributed by atoms with Gasteiger partial charge in [0.25, 0.3) is 0 Å². The summed E-state index contributed by atoms with van der Waals surface area (Å²) >= 11 is 1.96. The van der Waals surface area contributed by atoms with Gasteiger partial charge in [-0.05, 0) is 59.1 Å². The van der Waals surface area contributed by atoms with E-state index in [-0.39, 0.29) is 4.75 Å². The van der Waals surface area contributed by atoms with Crippen molar-refractivity contribution in [1.29, 1.82) is 0 Å². The molecule has 0 aromatic heterocycles. The fourth-order valence-electron chi connectivity index (χ4n) is 3.60. The summed E-state index contributed by atoms with van der Waals surface area (Å²) in [5, 5.41) is 9.77. The summed E-state index contributed by atoms with van der Waals surface area (Å²) in [6, 6.07) is 16.3. The lowest BCUT2D eigenvalue weighted by molar-refractivity contribution is 0.475. The molecule has 0 bridgehead atoms. The molecule has 0 radical (unpaired) electrons. The van der Waals surface area contributed by atoms with Gasteiger partial charge in [-0.2, -0.15) is 0 Å². The minimum atomic E-state index is -0.268. The van der Waals surface area contributed by atoms with Crippen LogP contribution in [0.1, 0.15) is 37.0 Å². The Balaban J connectivity index is 2.36. The van der Waals surface area contributed by atoms with Crippen LogP contribution in [0.25, 0.3) is 5.57 Å². The third kappa shape index (κ3) is 2.85. The highest BCUT2D eigenvalue weighted by Crippen LogP contribution is 2.57. The van der Waals surface area contributed by atoms with Gasteiger partial charge in [-0.15, -0.1) is 11.8 Å². The van der Waals surface area contributed by atoms with E-state index in [4.69, 9.17) is 0 Å². The van der Waals surface area contributed by atoms with Gasteiger partial charge in [0.1, 0.15) is 5.75 Å². The zero-order valence-corrected chi connectivity index (χ0v) is 15.6. The van der Waals surface area contributed by atoms with Gasteiger partial charge in [0.2, 0.25) is 0 Å². The molecule has 0 saturated heterocycles. The summed E-state index contributed by atoms with van der Waals surface area (Å²) in [7, 11) is 0. The lowest BCUT2D eigenvalue weighted by Crippen LogP contribution is -2.24. The largest absolute Gasteiger partial charge is 0.508 e. The number of benzene rings is 2. The number of hydrogen-bond acceptors (Lipinski definition) is 2. The van der Waals surface area contributed by atoms with Gasteiger partial charge in [0.05, 0.1) is 4.75 Å². The van der Waals surface area contributed by atoms with Crippen molar-refractivity contribution in [2.45, 2.75) is 25.0 Å². The van der Waals surface area contributed by atoms with Gasteiger partial charge >= 0.3 is 0 Å². The van der Waals surface area contributed by atoms with Gasteiger partial charge in [-0.1, -0.05) is 68.1 Å². The van der Waals surface area contributed by atoms with Crippen molar-refractivity contribution >= 4 is 17.3 Å². The van der Waals surface area contributed by atoms with Gasteiger partial charge in [-0.25, -0.2) is 0 Å². The maximum atomic E-state index is 9.77. The van der Waals surface area contributed by atoms with Gasteiger partial charge < -0.3 is 5.11 Å². The van der Waals surface area contributed by atoms with Crippen LogP contribution in [0.5, 0.6) is 5.75 Å². The molecule has 1 N–H and O–H groups in total. The van der Waals surface area contributed by atoms with Crippen molar-refractivity contribution in [3.63, 3.8) is 0 Å². The van der Waals surface area contributed by atoms with Crippen molar-refractivity contribution in [3.8, 4) is 5.75 Å². The molecule has 1 aliphatic rings. The Bertz CT molecular complexity index is 829. The Morgan fingerprint density at radius 2 is 1.84 bits per heavy atom. The molecule has 2 heteroatoms. The molecule has 0 aliphatic heterocycles. The molecule has 0 spiro atoms. The predicted molar refractivity (Wildman–Crippen MR) is 110 cm³/mol. The van der Waals surface area contributed by atoms with Crippen molar-refractivity contribution < 1.29 is 5.11 Å². The SMILES string of the molecule is C=CC1=C(/C=C\C)C(SCCC)(c2ccc(O)cc2)c2ccccc21. The second-order valence-electron chi connectivity index (χ2n) is 6.15. The smallest absolute Gasteiger partial charge is 0.115 e. The minimum Gasteiger partial charge on any atom is -0.508 e. The van der Waals surface area contributed by atoms with Crippen LogP contribution in [0.3, 0.4) is 0 Å². The van der Waals surface area contributed by atoms with Crippen LogP contribution in [0, 0.1) is 0 Å². The van der Waals surface area contributed by atoms with Crippen LogP contribution < -0.4 is 0 Å². The lowest BCUT2D eigenvalue weighted by atomic mass is 9.86. The Morgan fingerprint density at radius 1 is 1.12 bits per heavy atom. The van der Waals surface area contributed by atoms with E-state index in [0.717, 1.165) is 12.2 Å². The van der Waals surface area contributed by atoms with E-state index in [1.165, 1.54) is 27.8 Å². The van der Waals surface area contributed by atoms with E-state index in [0.29, 0.717) is 5.75 Å². The van der Waals surface area contributed by atoms with E-state index in [1.807, 2.05) is 30.0 Å². The fourth-order valence-corrected chi connectivity index (χ4v) is 5.08. The molecule has 0 fully saturated rings. The van der Waals surface area contributed by atoms with Gasteiger partial charge in [0.15, 0.2) is 0 Å². The number of hydrogen-bond donors (Lipinski definition) is 1. The highest BCUT2D eigenvalue weighted by molar-refractivity contribution is 8.00. The van der Waals surface area contributed by atoms with Crippen molar-refractivity contribution in [3.05, 3.63) is 95.6 Å². The molecule has 0 amide bonds. The fraction of sp³-hybridized carbons (Fsp3) is 0.217. The zero-order valence-electron chi connectivity index (χ0n) is 14.8. The number of thioether (sulfide) groups is 1. The van der Waals surface area contributed by atoms with E-state index < -0.39 is 0 Å². The first-order chi connectivity index (χ1) is 12.2. The average Bonchev–Trinajstić information content (AvgIpc) is 2.91. The maximum Gasteiger partial charge on any atom is 0.115 e. The number of allylic oxidation sites excluding steroid dienone is 4. The normalized spacial score (nSPS) is 19.4. The molecule has 1 nitrogen and oxygen atoms in total. The summed E-state index contributed by atoms with van der Waals surface area (Å²) in [5.41, 5.74) is 6.23. The molecule has 2 aromatic carbocycles. The summed E-state index contributed by atoms with van der Waals surface area (Å²) in [6.07, 6.45) is 7.40. The van der Waals surface area contributed by atoms with Crippen molar-refractivity contribution in [2.24, 2.45) is 0 Å². The first-order valence-electron chi connectivity index (χ1n) is 8.72. The lowest BCUT2D eigenvalue weighted by Gasteiger charge is -2.33. The zero-order chi connectivity index (χ0) is 17.9. The first kappa shape index (κ1) is 17.6. The molecule has 25 heavy (non-hydrogen) atoms. The standard InChI is InChI=1S/C23H24OS/c1-4-9-21-19(6-3)20-10-7-8-11-22(20)23(21,25-16-5-2)17-12-14-18(24)15-13-17/h4,6-15,24H,3,5,16H2,1-2H3/b9-4-. The molecule has 3 rings (SSSR count). The number of phenols is 1. The Labute approximate surface area is 154 Å². The molecule has 2 aromatic rings. The van der Waals surface area contributed by atoms with Gasteiger partial charge in [0, 0.05) is 0 Å². The monoisotopic (exact) mass is 348 g/mol. The third-order valence-electron chi connectivity index (χ3n) is 4.60. The molecule has 1 atom stereocenters. The molecular weight excluding hydrogens is 324 g/mol. The molecule has 1 unspecified atom stereocenters. The van der Waals surface area contributed by atoms with Crippen molar-refractivity contribution in [1.82, 2.24) is 0 Å². The summed E-state index contributed by atoms with van der Waals surface area (Å²) in [5.74, 6) is 1.35. The average molecular weight is 349 g/mol. The second kappa shape index (κ2) is 7.37. The first-order valence-corrected chi connectivity index (χ1v) is 9.70. The van der Waals surface area contributed by atoms with Crippen LogP contribution in [-0.2, 0) is 4.75 Å². The van der Waals surface area contributed by atoms with Crippen LogP contribution in [0.15, 0.2) is 78.9 Å². The quantitative estimate of drug-likeness (QED) is 0.660. The topological polar surface area (TPSA) is 20.2 Å². The Morgan fingerprint density at radius 3 is 2.48 bits per heavy atom. The molecular formula is C23H24OS. The molecule has 128 valence electrons. The van der Waals surface area contributed by atoms with Gasteiger partial charge in [-0.3, -0.25) is 0 Å². The van der Waals surface area contributed by atoms with E-state index in [9.17, 15) is 5.11 Å². The molecule has 0 heterocycles. The van der Waals surface area contributed by atoms with E-state index >= 15 is 0 Å². The Hall–Kier alpha value is -2.19. The molecule has 1 aliphatic carbocycles. The maximum absolute atomic E-state index is 9.77. The number of phenolic OH excluding ortho intramolecular Hbond substituents is 1. The Kier molecular flexibility index (Phi) is 5.19. The number of aromatic hydroxyl groups is 1. The predicted octanol–water partition coefficient (Wildman–Crippen LogP) is 6.31. The number of rotatable bonds is 6. The van der Waals surface area contributed by atoms with Crippen LogP contribution >= 0.6 is 11.8 Å². The summed E-state index contributed by atoms with van der Waals surface area (Å²) in [6.45, 7) is 8.36. The minimum absolute atomic E-state index is 0.268. The number of fused-ring (bicyclic) bond motifs is 1. The summed E-state index contributed by atoms with van der Waals surface area (Å²) < 4.78 is -0.268. The molecule has 0 saturated carbocycles. The van der Waals surface area contributed by atoms with Crippen LogP contribution in [0.2, 0.25) is 0 Å². The van der Waals surface area contributed by atoms with Crippen molar-refractivity contribution in [2.75, 3.05) is 5.75 Å². The summed E-state index contributed by atoms with van der Waals surface area (Å²) in [4.78, 5) is 0. The van der Waals surface area contributed by atoms with E-state index in [2.05, 4.69) is 56.8 Å². The highest BCUT2D eigenvalue weighted by Gasteiger charge is 2.44. The second-order valence-corrected chi connectivity index (χ2v) is 7.46. The highest BCUT2D eigenvalue weighted by atomic mass is 32.2. The van der Waals surface area contributed by atoms with Crippen LogP contribution in [-0.4, -0.2) is 10.9 Å². The third-order valence-corrected chi connectivity index (χ3v) is 6.32. The van der Waals surface area contributed by atoms with E-state index in [1.54, 1.807) is 12.1 Å².